The van der Waals surface area contributed by atoms with E-state index in [4.69, 9.17) is 0 Å². The number of aromatic nitrogens is 1. The van der Waals surface area contributed by atoms with Crippen molar-refractivity contribution >= 4 is 22.4 Å². The van der Waals surface area contributed by atoms with Gasteiger partial charge in [0, 0.05) is 11.4 Å². The van der Waals surface area contributed by atoms with Crippen LogP contribution in [0.2, 0.25) is 0 Å². The van der Waals surface area contributed by atoms with Crippen molar-refractivity contribution in [1.82, 2.24) is 9.88 Å². The first-order valence-corrected chi connectivity index (χ1v) is 6.99. The van der Waals surface area contributed by atoms with Crippen LogP contribution in [0.15, 0.2) is 5.38 Å². The molecule has 0 bridgehead atoms. The Morgan fingerprint density at radius 3 is 3.12 bits per heavy atom. The van der Waals surface area contributed by atoms with E-state index < -0.39 is 0 Å². The fourth-order valence-corrected chi connectivity index (χ4v) is 2.85. The molecular formula is C12H19N3OS. The maximum absolute atomic E-state index is 11.8. The third-order valence-electron chi connectivity index (χ3n) is 3.15. The molecule has 1 aliphatic rings. The highest BCUT2D eigenvalue weighted by Crippen LogP contribution is 2.17. The number of hydrogen-bond acceptors (Lipinski definition) is 4. The van der Waals surface area contributed by atoms with Crippen molar-refractivity contribution < 1.29 is 4.79 Å². The molecule has 0 spiro atoms. The van der Waals surface area contributed by atoms with Gasteiger partial charge in [-0.3, -0.25) is 9.69 Å². The molecule has 1 amide bonds. The zero-order valence-corrected chi connectivity index (χ0v) is 11.2. The Labute approximate surface area is 106 Å². The molecule has 2 heterocycles. The van der Waals surface area contributed by atoms with Crippen molar-refractivity contribution in [2.45, 2.75) is 39.2 Å². The maximum Gasteiger partial charge on any atom is 0.240 e. The van der Waals surface area contributed by atoms with Crippen molar-refractivity contribution in [3.8, 4) is 0 Å². The van der Waals surface area contributed by atoms with Crippen LogP contribution >= 0.6 is 11.3 Å². The first-order chi connectivity index (χ1) is 8.15. The molecule has 5 heteroatoms. The normalized spacial score (nSPS) is 21.4. The second-order valence-corrected chi connectivity index (χ2v) is 5.52. The molecule has 0 aromatic carbocycles. The van der Waals surface area contributed by atoms with Crippen LogP contribution in [-0.2, 0) is 4.79 Å². The van der Waals surface area contributed by atoms with E-state index in [-0.39, 0.29) is 5.91 Å². The quantitative estimate of drug-likeness (QED) is 0.898. The molecule has 17 heavy (non-hydrogen) atoms. The molecular weight excluding hydrogens is 234 g/mol. The number of aryl methyl sites for hydroxylation is 1. The van der Waals surface area contributed by atoms with Gasteiger partial charge in [-0.05, 0) is 33.2 Å². The van der Waals surface area contributed by atoms with Crippen LogP contribution in [0.25, 0.3) is 0 Å². The summed E-state index contributed by atoms with van der Waals surface area (Å²) in [6.45, 7) is 5.64. The lowest BCUT2D eigenvalue weighted by molar-refractivity contribution is -0.118. The molecule has 1 unspecified atom stereocenters. The van der Waals surface area contributed by atoms with Crippen LogP contribution in [0.5, 0.6) is 0 Å². The molecule has 0 saturated carbocycles. The standard InChI is InChI=1S/C12H19N3OS/c1-9-8-17-12(13-9)14-11(16)7-15-6-4-3-5-10(15)2/h8,10H,3-7H2,1-2H3,(H,13,14,16). The molecule has 1 aliphatic heterocycles. The SMILES string of the molecule is Cc1csc(NC(=O)CN2CCCCC2C)n1. The summed E-state index contributed by atoms with van der Waals surface area (Å²) in [6, 6.07) is 0.521. The Morgan fingerprint density at radius 2 is 2.47 bits per heavy atom. The van der Waals surface area contributed by atoms with E-state index in [1.165, 1.54) is 30.6 Å². The van der Waals surface area contributed by atoms with E-state index in [9.17, 15) is 4.79 Å². The minimum atomic E-state index is 0.0492. The highest BCUT2D eigenvalue weighted by molar-refractivity contribution is 7.13. The van der Waals surface area contributed by atoms with Gasteiger partial charge in [0.1, 0.15) is 0 Å². The summed E-state index contributed by atoms with van der Waals surface area (Å²) in [4.78, 5) is 18.3. The van der Waals surface area contributed by atoms with Gasteiger partial charge >= 0.3 is 0 Å². The first kappa shape index (κ1) is 12.5. The topological polar surface area (TPSA) is 45.2 Å². The smallest absolute Gasteiger partial charge is 0.240 e. The Morgan fingerprint density at radius 1 is 1.65 bits per heavy atom. The van der Waals surface area contributed by atoms with Gasteiger partial charge < -0.3 is 5.32 Å². The van der Waals surface area contributed by atoms with Crippen molar-refractivity contribution in [2.75, 3.05) is 18.4 Å². The lowest BCUT2D eigenvalue weighted by atomic mass is 10.0. The number of carbonyl (C=O) groups is 1. The number of carbonyl (C=O) groups excluding carboxylic acids is 1. The summed E-state index contributed by atoms with van der Waals surface area (Å²) in [5, 5.41) is 5.51. The predicted octanol–water partition coefficient (Wildman–Crippen LogP) is 2.26. The molecule has 1 aromatic heterocycles. The van der Waals surface area contributed by atoms with E-state index in [2.05, 4.69) is 22.1 Å². The van der Waals surface area contributed by atoms with Crippen molar-refractivity contribution in [2.24, 2.45) is 0 Å². The number of nitrogens with one attached hydrogen (secondary N) is 1. The molecule has 1 saturated heterocycles. The Bertz CT molecular complexity index is 391. The first-order valence-electron chi connectivity index (χ1n) is 6.11. The Balaban J connectivity index is 1.84. The number of hydrogen-bond donors (Lipinski definition) is 1. The summed E-state index contributed by atoms with van der Waals surface area (Å²) in [7, 11) is 0. The zero-order chi connectivity index (χ0) is 12.3. The Hall–Kier alpha value is -0.940. The largest absolute Gasteiger partial charge is 0.301 e. The van der Waals surface area contributed by atoms with Gasteiger partial charge in [-0.1, -0.05) is 6.42 Å². The molecule has 94 valence electrons. The predicted molar refractivity (Wildman–Crippen MR) is 70.4 cm³/mol. The second-order valence-electron chi connectivity index (χ2n) is 4.66. The van der Waals surface area contributed by atoms with Gasteiger partial charge in [-0.15, -0.1) is 11.3 Å². The number of rotatable bonds is 3. The van der Waals surface area contributed by atoms with Crippen LogP contribution in [0.3, 0.4) is 0 Å². The fourth-order valence-electron chi connectivity index (χ4n) is 2.15. The minimum absolute atomic E-state index is 0.0492. The average molecular weight is 253 g/mol. The van der Waals surface area contributed by atoms with Gasteiger partial charge in [0.2, 0.25) is 5.91 Å². The van der Waals surface area contributed by atoms with E-state index >= 15 is 0 Å². The van der Waals surface area contributed by atoms with Gasteiger partial charge in [-0.25, -0.2) is 4.98 Å². The number of nitrogens with zero attached hydrogens (tertiary/aromatic N) is 2. The molecule has 2 rings (SSSR count). The van der Waals surface area contributed by atoms with Crippen LogP contribution in [0.4, 0.5) is 5.13 Å². The molecule has 1 atom stereocenters. The van der Waals surface area contributed by atoms with Gasteiger partial charge in [-0.2, -0.15) is 0 Å². The van der Waals surface area contributed by atoms with Crippen LogP contribution < -0.4 is 5.32 Å². The number of amides is 1. The lowest BCUT2D eigenvalue weighted by Gasteiger charge is -2.32. The molecule has 1 fully saturated rings. The van der Waals surface area contributed by atoms with Crippen molar-refractivity contribution in [3.05, 3.63) is 11.1 Å². The molecule has 0 aliphatic carbocycles. The van der Waals surface area contributed by atoms with Gasteiger partial charge in [0.05, 0.1) is 12.2 Å². The number of thiazole rings is 1. The van der Waals surface area contributed by atoms with Crippen LogP contribution in [-0.4, -0.2) is 34.9 Å². The van der Waals surface area contributed by atoms with Crippen molar-refractivity contribution in [1.29, 1.82) is 0 Å². The third kappa shape index (κ3) is 3.51. The van der Waals surface area contributed by atoms with E-state index in [0.29, 0.717) is 17.7 Å². The van der Waals surface area contributed by atoms with E-state index in [1.54, 1.807) is 0 Å². The Kier molecular flexibility index (Phi) is 4.12. The highest BCUT2D eigenvalue weighted by Gasteiger charge is 2.20. The number of anilines is 1. The second kappa shape index (κ2) is 5.60. The molecule has 1 N–H and O–H groups in total. The van der Waals surface area contributed by atoms with Crippen LogP contribution in [0.1, 0.15) is 31.9 Å². The number of likely N-dealkylation sites (tertiary alicyclic amines) is 1. The monoisotopic (exact) mass is 253 g/mol. The molecule has 0 radical (unpaired) electrons. The van der Waals surface area contributed by atoms with Crippen LogP contribution in [0, 0.1) is 6.92 Å². The van der Waals surface area contributed by atoms with E-state index in [1.807, 2.05) is 12.3 Å². The third-order valence-corrected chi connectivity index (χ3v) is 4.03. The van der Waals surface area contributed by atoms with Crippen molar-refractivity contribution in [3.63, 3.8) is 0 Å². The fraction of sp³-hybridized carbons (Fsp3) is 0.667. The number of piperidine rings is 1. The summed E-state index contributed by atoms with van der Waals surface area (Å²) in [6.07, 6.45) is 3.68. The molecule has 1 aromatic rings. The minimum Gasteiger partial charge on any atom is -0.301 e. The summed E-state index contributed by atoms with van der Waals surface area (Å²) >= 11 is 1.48. The van der Waals surface area contributed by atoms with Gasteiger partial charge in [0.15, 0.2) is 5.13 Å². The molecule has 4 nitrogen and oxygen atoms in total. The lowest BCUT2D eigenvalue weighted by Crippen LogP contribution is -2.42. The summed E-state index contributed by atoms with van der Waals surface area (Å²) < 4.78 is 0. The highest BCUT2D eigenvalue weighted by atomic mass is 32.1. The average Bonchev–Trinajstić information content (AvgIpc) is 2.67. The summed E-state index contributed by atoms with van der Waals surface area (Å²) in [5.41, 5.74) is 0.955. The maximum atomic E-state index is 11.8. The summed E-state index contributed by atoms with van der Waals surface area (Å²) in [5.74, 6) is 0.0492. The zero-order valence-electron chi connectivity index (χ0n) is 10.4. The van der Waals surface area contributed by atoms with E-state index in [0.717, 1.165) is 12.2 Å². The van der Waals surface area contributed by atoms with Gasteiger partial charge in [0.25, 0.3) is 0 Å².